The highest BCUT2D eigenvalue weighted by molar-refractivity contribution is 5.04. The lowest BCUT2D eigenvalue weighted by molar-refractivity contribution is -0.160. The molecule has 4 atom stereocenters. The lowest BCUT2D eigenvalue weighted by Crippen LogP contribution is -2.43. The Bertz CT molecular complexity index is 257. The van der Waals surface area contributed by atoms with Gasteiger partial charge >= 0.3 is 0 Å². The maximum Gasteiger partial charge on any atom is 0.164 e. The van der Waals surface area contributed by atoms with E-state index >= 15 is 0 Å². The Morgan fingerprint density at radius 1 is 1.33 bits per heavy atom. The predicted molar refractivity (Wildman–Crippen MR) is 51.8 cm³/mol. The Hall–Kier alpha value is -0.640. The molecule has 0 saturated carbocycles. The molecule has 1 saturated heterocycles. The van der Waals surface area contributed by atoms with Gasteiger partial charge in [-0.1, -0.05) is 5.92 Å². The van der Waals surface area contributed by atoms with Crippen LogP contribution in [0.15, 0.2) is 0 Å². The van der Waals surface area contributed by atoms with Crippen LogP contribution < -0.4 is 0 Å². The highest BCUT2D eigenvalue weighted by atomic mass is 16.8. The van der Waals surface area contributed by atoms with E-state index in [1.807, 2.05) is 0 Å². The van der Waals surface area contributed by atoms with Crippen molar-refractivity contribution in [1.82, 2.24) is 0 Å². The van der Waals surface area contributed by atoms with Crippen molar-refractivity contribution in [3.05, 3.63) is 0 Å². The highest BCUT2D eigenvalue weighted by Gasteiger charge is 2.47. The predicted octanol–water partition coefficient (Wildman–Crippen LogP) is -1.15. The van der Waals surface area contributed by atoms with Gasteiger partial charge in [0.1, 0.15) is 24.4 Å². The van der Waals surface area contributed by atoms with E-state index in [1.54, 1.807) is 13.8 Å². The zero-order valence-corrected chi connectivity index (χ0v) is 8.75. The van der Waals surface area contributed by atoms with E-state index in [0.29, 0.717) is 0 Å². The molecule has 1 heterocycles. The Morgan fingerprint density at radius 3 is 2.33 bits per heavy atom. The van der Waals surface area contributed by atoms with Gasteiger partial charge in [0, 0.05) is 0 Å². The fourth-order valence-corrected chi connectivity index (χ4v) is 1.56. The molecule has 15 heavy (non-hydrogen) atoms. The zero-order valence-electron chi connectivity index (χ0n) is 8.75. The molecule has 86 valence electrons. The van der Waals surface area contributed by atoms with Gasteiger partial charge in [-0.2, -0.15) is 0 Å². The molecular formula is C10H16O5. The van der Waals surface area contributed by atoms with E-state index < -0.39 is 36.8 Å². The van der Waals surface area contributed by atoms with Crippen LogP contribution in [-0.2, 0) is 9.47 Å². The molecule has 0 bridgehead atoms. The van der Waals surface area contributed by atoms with Crippen LogP contribution >= 0.6 is 0 Å². The summed E-state index contributed by atoms with van der Waals surface area (Å²) in [5.41, 5.74) is 0. The molecule has 0 aromatic carbocycles. The molecule has 0 aromatic rings. The summed E-state index contributed by atoms with van der Waals surface area (Å²) in [4.78, 5) is 0. The fourth-order valence-electron chi connectivity index (χ4n) is 1.56. The van der Waals surface area contributed by atoms with Crippen molar-refractivity contribution in [3.63, 3.8) is 0 Å². The average Bonchev–Trinajstić information content (AvgIpc) is 2.52. The third-order valence-electron chi connectivity index (χ3n) is 2.21. The second kappa shape index (κ2) is 4.47. The first-order valence-electron chi connectivity index (χ1n) is 4.70. The Kier molecular flexibility index (Phi) is 3.71. The van der Waals surface area contributed by atoms with Gasteiger partial charge in [-0.25, -0.2) is 0 Å². The third kappa shape index (κ3) is 2.68. The molecule has 3 N–H and O–H groups in total. The van der Waals surface area contributed by atoms with Gasteiger partial charge in [-0.05, 0) is 13.8 Å². The standard InChI is InChI=1S/C10H16O5/c1-4-6(12)8-9(7(13)5-11)15-10(2,3)14-8/h1,6-9,11-13H,5H2,2-3H3/t6-,7+,8+,9-/m0/s1. The van der Waals surface area contributed by atoms with Crippen LogP contribution in [0.25, 0.3) is 0 Å². The van der Waals surface area contributed by atoms with E-state index in [-0.39, 0.29) is 0 Å². The Balaban J connectivity index is 2.80. The van der Waals surface area contributed by atoms with Crippen LogP contribution in [0.1, 0.15) is 13.8 Å². The van der Waals surface area contributed by atoms with Crippen LogP contribution in [0.5, 0.6) is 0 Å². The number of rotatable bonds is 3. The highest BCUT2D eigenvalue weighted by Crippen LogP contribution is 2.31. The average molecular weight is 216 g/mol. The topological polar surface area (TPSA) is 79.2 Å². The van der Waals surface area contributed by atoms with Gasteiger partial charge in [-0.15, -0.1) is 6.42 Å². The SMILES string of the molecule is C#C[C@H](O)[C@H]1OC(C)(C)O[C@H]1[C@H](O)CO. The summed E-state index contributed by atoms with van der Waals surface area (Å²) in [6.45, 7) is 2.82. The van der Waals surface area contributed by atoms with Gasteiger partial charge in [0.25, 0.3) is 0 Å². The molecule has 5 heteroatoms. The van der Waals surface area contributed by atoms with E-state index in [9.17, 15) is 10.2 Å². The van der Waals surface area contributed by atoms with E-state index in [1.165, 1.54) is 0 Å². The summed E-state index contributed by atoms with van der Waals surface area (Å²) >= 11 is 0. The van der Waals surface area contributed by atoms with Crippen molar-refractivity contribution in [3.8, 4) is 12.3 Å². The van der Waals surface area contributed by atoms with Crippen molar-refractivity contribution in [2.75, 3.05) is 6.61 Å². The van der Waals surface area contributed by atoms with Crippen molar-refractivity contribution in [1.29, 1.82) is 0 Å². The van der Waals surface area contributed by atoms with E-state index in [4.69, 9.17) is 21.0 Å². The molecule has 0 aromatic heterocycles. The van der Waals surface area contributed by atoms with Gasteiger partial charge < -0.3 is 24.8 Å². The summed E-state index contributed by atoms with van der Waals surface area (Å²) in [7, 11) is 0. The van der Waals surface area contributed by atoms with Crippen LogP contribution in [0.2, 0.25) is 0 Å². The maximum absolute atomic E-state index is 9.47. The lowest BCUT2D eigenvalue weighted by atomic mass is 10.0. The molecule has 1 rings (SSSR count). The normalized spacial score (nSPS) is 33.3. The van der Waals surface area contributed by atoms with Gasteiger partial charge in [0.15, 0.2) is 5.79 Å². The minimum Gasteiger partial charge on any atom is -0.394 e. The zero-order chi connectivity index (χ0) is 11.6. The minimum atomic E-state index is -1.17. The third-order valence-corrected chi connectivity index (χ3v) is 2.21. The summed E-state index contributed by atoms with van der Waals surface area (Å²) in [5.74, 6) is 1.18. The molecule has 0 unspecified atom stereocenters. The largest absolute Gasteiger partial charge is 0.394 e. The molecule has 0 radical (unpaired) electrons. The van der Waals surface area contributed by atoms with Crippen LogP contribution in [0.4, 0.5) is 0 Å². The molecule has 0 aliphatic carbocycles. The number of hydrogen-bond acceptors (Lipinski definition) is 5. The minimum absolute atomic E-state index is 0.474. The Labute approximate surface area is 88.6 Å². The van der Waals surface area contributed by atoms with Crippen LogP contribution in [0.3, 0.4) is 0 Å². The molecule has 5 nitrogen and oxygen atoms in total. The first-order valence-corrected chi connectivity index (χ1v) is 4.70. The number of ether oxygens (including phenoxy) is 2. The summed E-state index contributed by atoms with van der Waals surface area (Å²) in [6.07, 6.45) is 1.12. The van der Waals surface area contributed by atoms with Crippen molar-refractivity contribution in [2.24, 2.45) is 0 Å². The van der Waals surface area contributed by atoms with Gasteiger partial charge in [0.2, 0.25) is 0 Å². The number of terminal acetylenes is 1. The fraction of sp³-hybridized carbons (Fsp3) is 0.800. The monoisotopic (exact) mass is 216 g/mol. The second-order valence-corrected chi connectivity index (χ2v) is 3.93. The van der Waals surface area contributed by atoms with Crippen molar-refractivity contribution >= 4 is 0 Å². The summed E-state index contributed by atoms with van der Waals surface area (Å²) in [6, 6.07) is 0. The molecule has 1 aliphatic heterocycles. The van der Waals surface area contributed by atoms with E-state index in [0.717, 1.165) is 0 Å². The summed E-state index contributed by atoms with van der Waals surface area (Å²) < 4.78 is 10.7. The first-order chi connectivity index (χ1) is 6.91. The molecule has 0 spiro atoms. The molecule has 0 amide bonds. The van der Waals surface area contributed by atoms with Crippen LogP contribution in [-0.4, -0.2) is 52.1 Å². The first kappa shape index (κ1) is 12.4. The summed E-state index contributed by atoms with van der Waals surface area (Å²) in [5, 5.41) is 27.8. The van der Waals surface area contributed by atoms with Gasteiger partial charge in [0.05, 0.1) is 6.61 Å². The molecule has 1 aliphatic rings. The molecule has 1 fully saturated rings. The quantitative estimate of drug-likeness (QED) is 0.519. The second-order valence-electron chi connectivity index (χ2n) is 3.93. The van der Waals surface area contributed by atoms with Gasteiger partial charge in [-0.3, -0.25) is 0 Å². The number of aliphatic hydroxyl groups excluding tert-OH is 3. The lowest BCUT2D eigenvalue weighted by Gasteiger charge is -2.21. The van der Waals surface area contributed by atoms with E-state index in [2.05, 4.69) is 5.92 Å². The van der Waals surface area contributed by atoms with Crippen LogP contribution in [0, 0.1) is 12.3 Å². The molecular weight excluding hydrogens is 200 g/mol. The number of aliphatic hydroxyl groups is 3. The maximum atomic E-state index is 9.47. The number of hydrogen-bond donors (Lipinski definition) is 3. The Morgan fingerprint density at radius 2 is 1.87 bits per heavy atom. The van der Waals surface area contributed by atoms with Crippen molar-refractivity contribution in [2.45, 2.75) is 44.1 Å². The van der Waals surface area contributed by atoms with Crippen molar-refractivity contribution < 1.29 is 24.8 Å². The smallest absolute Gasteiger partial charge is 0.164 e.